The zero-order valence-corrected chi connectivity index (χ0v) is 16.3. The molecule has 2 amide bonds. The van der Waals surface area contributed by atoms with E-state index in [1.807, 2.05) is 29.2 Å². The molecule has 0 atom stereocenters. The van der Waals surface area contributed by atoms with Crippen LogP contribution < -0.4 is 10.1 Å². The van der Waals surface area contributed by atoms with E-state index in [0.29, 0.717) is 44.1 Å². The van der Waals surface area contributed by atoms with Gasteiger partial charge in [0.05, 0.1) is 13.5 Å². The van der Waals surface area contributed by atoms with Gasteiger partial charge in [0.1, 0.15) is 11.5 Å². The van der Waals surface area contributed by atoms with Crippen LogP contribution in [-0.4, -0.2) is 66.6 Å². The summed E-state index contributed by atoms with van der Waals surface area (Å²) < 4.78 is 10.1. The molecule has 1 N–H and O–H groups in total. The van der Waals surface area contributed by atoms with Gasteiger partial charge >= 0.3 is 0 Å². The summed E-state index contributed by atoms with van der Waals surface area (Å²) in [6, 6.07) is 9.26. The van der Waals surface area contributed by atoms with E-state index in [9.17, 15) is 9.59 Å². The van der Waals surface area contributed by atoms with Crippen molar-refractivity contribution in [2.75, 3.05) is 45.2 Å². The van der Waals surface area contributed by atoms with Crippen LogP contribution in [-0.2, 0) is 16.0 Å². The van der Waals surface area contributed by atoms with E-state index in [2.05, 4.69) is 15.4 Å². The lowest BCUT2D eigenvalue weighted by molar-refractivity contribution is -0.132. The number of methoxy groups -OCH3 is 1. The van der Waals surface area contributed by atoms with Crippen molar-refractivity contribution < 1.29 is 18.8 Å². The molecule has 2 aromatic rings. The molecule has 1 fully saturated rings. The van der Waals surface area contributed by atoms with Crippen molar-refractivity contribution in [1.82, 2.24) is 15.0 Å². The fourth-order valence-corrected chi connectivity index (χ4v) is 3.14. The molecule has 0 bridgehead atoms. The number of nitrogens with one attached hydrogen (secondary N) is 1. The molecule has 0 spiro atoms. The molecule has 1 aromatic heterocycles. The van der Waals surface area contributed by atoms with Gasteiger partial charge in [-0.25, -0.2) is 0 Å². The Bertz CT molecular complexity index is 795. The summed E-state index contributed by atoms with van der Waals surface area (Å²) in [5, 5.41) is 6.47. The standard InChI is InChI=1S/C20H26N4O4/c1-15-13-18(22-28-15)21-19(25)7-8-23-9-11-24(12-10-23)20(26)14-16-3-5-17(27-2)6-4-16/h3-6,13H,7-12,14H2,1-2H3,(H,21,22,25). The summed E-state index contributed by atoms with van der Waals surface area (Å²) in [6.45, 7) is 5.33. The van der Waals surface area contributed by atoms with E-state index in [4.69, 9.17) is 9.26 Å². The van der Waals surface area contributed by atoms with Crippen LogP contribution in [0.25, 0.3) is 0 Å². The van der Waals surface area contributed by atoms with Crippen molar-refractivity contribution in [3.63, 3.8) is 0 Å². The second-order valence-electron chi connectivity index (χ2n) is 6.87. The molecule has 1 aromatic carbocycles. The molecule has 2 heterocycles. The first-order valence-corrected chi connectivity index (χ1v) is 9.40. The first-order chi connectivity index (χ1) is 13.5. The van der Waals surface area contributed by atoms with E-state index >= 15 is 0 Å². The molecule has 1 aliphatic heterocycles. The van der Waals surface area contributed by atoms with Crippen molar-refractivity contribution in [3.8, 4) is 5.75 Å². The van der Waals surface area contributed by atoms with Gasteiger partial charge in [0, 0.05) is 45.2 Å². The van der Waals surface area contributed by atoms with Crippen LogP contribution in [0.3, 0.4) is 0 Å². The minimum Gasteiger partial charge on any atom is -0.497 e. The third-order valence-electron chi connectivity index (χ3n) is 4.79. The number of carbonyl (C=O) groups is 2. The number of nitrogens with zero attached hydrogens (tertiary/aromatic N) is 3. The summed E-state index contributed by atoms with van der Waals surface area (Å²) in [4.78, 5) is 28.6. The molecule has 0 radical (unpaired) electrons. The summed E-state index contributed by atoms with van der Waals surface area (Å²) in [5.41, 5.74) is 0.980. The normalized spacial score (nSPS) is 14.7. The fourth-order valence-electron chi connectivity index (χ4n) is 3.14. The first kappa shape index (κ1) is 19.9. The molecule has 8 nitrogen and oxygen atoms in total. The van der Waals surface area contributed by atoms with E-state index in [1.165, 1.54) is 0 Å². The summed E-state index contributed by atoms with van der Waals surface area (Å²) >= 11 is 0. The van der Waals surface area contributed by atoms with E-state index < -0.39 is 0 Å². The number of ether oxygens (including phenoxy) is 1. The Morgan fingerprint density at radius 2 is 1.89 bits per heavy atom. The number of rotatable bonds is 7. The Kier molecular flexibility index (Phi) is 6.65. The summed E-state index contributed by atoms with van der Waals surface area (Å²) in [7, 11) is 1.62. The fraction of sp³-hybridized carbons (Fsp3) is 0.450. The van der Waals surface area contributed by atoms with Gasteiger partial charge in [0.2, 0.25) is 11.8 Å². The van der Waals surface area contributed by atoms with Gasteiger partial charge in [-0.1, -0.05) is 17.3 Å². The van der Waals surface area contributed by atoms with Crippen molar-refractivity contribution in [1.29, 1.82) is 0 Å². The zero-order chi connectivity index (χ0) is 19.9. The van der Waals surface area contributed by atoms with Gasteiger partial charge < -0.3 is 19.5 Å². The third kappa shape index (κ3) is 5.56. The van der Waals surface area contributed by atoms with Crippen LogP contribution in [0.1, 0.15) is 17.7 Å². The number of amides is 2. The second-order valence-corrected chi connectivity index (χ2v) is 6.87. The van der Waals surface area contributed by atoms with E-state index in [0.717, 1.165) is 24.4 Å². The van der Waals surface area contributed by atoms with Gasteiger partial charge in [-0.3, -0.25) is 14.5 Å². The van der Waals surface area contributed by atoms with Gasteiger partial charge in [0.15, 0.2) is 5.82 Å². The highest BCUT2D eigenvalue weighted by atomic mass is 16.5. The molecule has 1 saturated heterocycles. The lowest BCUT2D eigenvalue weighted by atomic mass is 10.1. The molecular weight excluding hydrogens is 360 g/mol. The molecule has 0 saturated carbocycles. The van der Waals surface area contributed by atoms with Crippen molar-refractivity contribution in [2.45, 2.75) is 19.8 Å². The number of aryl methyl sites for hydroxylation is 1. The Morgan fingerprint density at radius 3 is 2.50 bits per heavy atom. The quantitative estimate of drug-likeness (QED) is 0.779. The van der Waals surface area contributed by atoms with Crippen molar-refractivity contribution in [2.24, 2.45) is 0 Å². The largest absolute Gasteiger partial charge is 0.497 e. The Balaban J connectivity index is 1.37. The maximum absolute atomic E-state index is 12.5. The predicted octanol–water partition coefficient (Wildman–Crippen LogP) is 1.71. The zero-order valence-electron chi connectivity index (χ0n) is 16.3. The van der Waals surface area contributed by atoms with Gasteiger partial charge in [-0.2, -0.15) is 0 Å². The van der Waals surface area contributed by atoms with Gasteiger partial charge in [-0.05, 0) is 24.6 Å². The molecule has 1 aliphatic rings. The Labute approximate surface area is 164 Å². The highest BCUT2D eigenvalue weighted by Gasteiger charge is 2.21. The number of piperazine rings is 1. The SMILES string of the molecule is COc1ccc(CC(=O)N2CCN(CCC(=O)Nc3cc(C)on3)CC2)cc1. The topological polar surface area (TPSA) is 87.9 Å². The van der Waals surface area contributed by atoms with Gasteiger partial charge in [0.25, 0.3) is 0 Å². The smallest absolute Gasteiger partial charge is 0.227 e. The van der Waals surface area contributed by atoms with Crippen LogP contribution in [0.2, 0.25) is 0 Å². The average Bonchev–Trinajstić information content (AvgIpc) is 3.12. The van der Waals surface area contributed by atoms with E-state index in [1.54, 1.807) is 20.1 Å². The maximum atomic E-state index is 12.5. The highest BCUT2D eigenvalue weighted by Crippen LogP contribution is 2.13. The van der Waals surface area contributed by atoms with Crippen LogP contribution in [0.15, 0.2) is 34.9 Å². The monoisotopic (exact) mass is 386 g/mol. The molecular formula is C20H26N4O4. The van der Waals surface area contributed by atoms with Crippen LogP contribution >= 0.6 is 0 Å². The number of hydrogen-bond donors (Lipinski definition) is 1. The number of hydrogen-bond acceptors (Lipinski definition) is 6. The highest BCUT2D eigenvalue weighted by molar-refractivity contribution is 5.89. The lowest BCUT2D eigenvalue weighted by Gasteiger charge is -2.34. The molecule has 28 heavy (non-hydrogen) atoms. The third-order valence-corrected chi connectivity index (χ3v) is 4.79. The maximum Gasteiger partial charge on any atom is 0.227 e. The summed E-state index contributed by atoms with van der Waals surface area (Å²) in [6.07, 6.45) is 0.773. The van der Waals surface area contributed by atoms with Crippen LogP contribution in [0.4, 0.5) is 5.82 Å². The average molecular weight is 386 g/mol. The molecule has 0 unspecified atom stereocenters. The lowest BCUT2D eigenvalue weighted by Crippen LogP contribution is -2.49. The minimum absolute atomic E-state index is 0.0914. The Morgan fingerprint density at radius 1 is 1.18 bits per heavy atom. The Hall–Kier alpha value is -2.87. The molecule has 0 aliphatic carbocycles. The predicted molar refractivity (Wildman–Crippen MR) is 104 cm³/mol. The number of carbonyl (C=O) groups excluding carboxylic acids is 2. The van der Waals surface area contributed by atoms with E-state index in [-0.39, 0.29) is 11.8 Å². The molecule has 3 rings (SSSR count). The van der Waals surface area contributed by atoms with Crippen molar-refractivity contribution >= 4 is 17.6 Å². The summed E-state index contributed by atoms with van der Waals surface area (Å²) in [5.74, 6) is 1.92. The van der Waals surface area contributed by atoms with Crippen LogP contribution in [0, 0.1) is 6.92 Å². The van der Waals surface area contributed by atoms with Crippen LogP contribution in [0.5, 0.6) is 5.75 Å². The number of aromatic nitrogens is 1. The number of anilines is 1. The molecule has 150 valence electrons. The first-order valence-electron chi connectivity index (χ1n) is 9.40. The molecule has 8 heteroatoms. The van der Waals surface area contributed by atoms with Gasteiger partial charge in [-0.15, -0.1) is 0 Å². The minimum atomic E-state index is -0.0914. The second kappa shape index (κ2) is 9.36. The van der Waals surface area contributed by atoms with Crippen molar-refractivity contribution in [3.05, 3.63) is 41.7 Å². The number of benzene rings is 1.